The molecule has 5 nitrogen and oxygen atoms in total. The zero-order valence-corrected chi connectivity index (χ0v) is 15.1. The largest absolute Gasteiger partial charge is 0.493 e. The van der Waals surface area contributed by atoms with Crippen LogP contribution in [0.4, 0.5) is 0 Å². The first-order valence-corrected chi connectivity index (χ1v) is 8.86. The summed E-state index contributed by atoms with van der Waals surface area (Å²) in [5.74, 6) is 2.60. The van der Waals surface area contributed by atoms with Crippen LogP contribution >= 0.6 is 0 Å². The molecular formula is C19H29N3O2. The summed E-state index contributed by atoms with van der Waals surface area (Å²) in [5.41, 5.74) is 1.83. The van der Waals surface area contributed by atoms with E-state index in [1.165, 1.54) is 37.8 Å². The number of hydrogen-bond acceptors (Lipinski definition) is 3. The molecule has 1 N–H and O–H groups in total. The summed E-state index contributed by atoms with van der Waals surface area (Å²) in [6.45, 7) is 3.17. The third kappa shape index (κ3) is 3.45. The number of likely N-dealkylation sites (tertiary alicyclic amines) is 1. The summed E-state index contributed by atoms with van der Waals surface area (Å²) in [6.07, 6.45) is 6.44. The summed E-state index contributed by atoms with van der Waals surface area (Å²) in [6, 6.07) is 6.09. The first-order valence-electron chi connectivity index (χ1n) is 8.86. The number of ether oxygens (including phenoxy) is 2. The fraction of sp³-hybridized carbons (Fsp3) is 0.632. The van der Waals surface area contributed by atoms with E-state index >= 15 is 0 Å². The molecule has 24 heavy (non-hydrogen) atoms. The third-order valence-electron chi connectivity index (χ3n) is 5.51. The summed E-state index contributed by atoms with van der Waals surface area (Å²) in [5, 5.41) is 3.52. The molecule has 0 amide bonds. The van der Waals surface area contributed by atoms with E-state index in [0.29, 0.717) is 5.41 Å². The number of nitrogens with one attached hydrogen (secondary N) is 1. The highest BCUT2D eigenvalue weighted by Gasteiger charge is 2.43. The van der Waals surface area contributed by atoms with Crippen LogP contribution in [0, 0.1) is 5.41 Å². The molecule has 1 saturated carbocycles. The average Bonchev–Trinajstić information content (AvgIpc) is 3.04. The van der Waals surface area contributed by atoms with E-state index in [9.17, 15) is 0 Å². The van der Waals surface area contributed by atoms with Crippen LogP contribution in [0.2, 0.25) is 0 Å². The number of nitrogens with zero attached hydrogens (tertiary/aromatic N) is 2. The minimum atomic E-state index is 0.598. The normalized spacial score (nSPS) is 19.3. The molecule has 1 aromatic rings. The molecule has 0 aromatic heterocycles. The Morgan fingerprint density at radius 1 is 1.21 bits per heavy atom. The van der Waals surface area contributed by atoms with Gasteiger partial charge in [-0.1, -0.05) is 12.5 Å². The van der Waals surface area contributed by atoms with Crippen molar-refractivity contribution >= 4 is 5.96 Å². The molecule has 132 valence electrons. The van der Waals surface area contributed by atoms with Gasteiger partial charge in [0.2, 0.25) is 0 Å². The van der Waals surface area contributed by atoms with Crippen LogP contribution in [-0.2, 0) is 6.42 Å². The Morgan fingerprint density at radius 2 is 2.00 bits per heavy atom. The molecule has 2 aliphatic rings. The van der Waals surface area contributed by atoms with Crippen LogP contribution in [0.5, 0.6) is 11.5 Å². The second kappa shape index (κ2) is 7.32. The second-order valence-electron chi connectivity index (χ2n) is 6.94. The lowest BCUT2D eigenvalue weighted by Gasteiger charge is -2.38. The fourth-order valence-electron chi connectivity index (χ4n) is 3.89. The van der Waals surface area contributed by atoms with Crippen molar-refractivity contribution in [3.05, 3.63) is 23.8 Å². The zero-order valence-electron chi connectivity index (χ0n) is 15.1. The van der Waals surface area contributed by atoms with E-state index in [-0.39, 0.29) is 0 Å². The van der Waals surface area contributed by atoms with Crippen LogP contribution in [0.1, 0.15) is 31.2 Å². The van der Waals surface area contributed by atoms with Gasteiger partial charge in [0, 0.05) is 26.7 Å². The molecule has 1 heterocycles. The third-order valence-corrected chi connectivity index (χ3v) is 5.51. The topological polar surface area (TPSA) is 46.1 Å². The lowest BCUT2D eigenvalue weighted by Crippen LogP contribution is -2.43. The first kappa shape index (κ1) is 16.9. The second-order valence-corrected chi connectivity index (χ2v) is 6.94. The van der Waals surface area contributed by atoms with Gasteiger partial charge >= 0.3 is 0 Å². The molecule has 1 aliphatic heterocycles. The number of benzene rings is 1. The van der Waals surface area contributed by atoms with E-state index in [1.54, 1.807) is 14.2 Å². The maximum atomic E-state index is 5.37. The van der Waals surface area contributed by atoms with Gasteiger partial charge in [-0.15, -0.1) is 0 Å². The first-order chi connectivity index (χ1) is 11.7. The smallest absolute Gasteiger partial charge is 0.193 e. The maximum Gasteiger partial charge on any atom is 0.193 e. The van der Waals surface area contributed by atoms with Gasteiger partial charge in [-0.2, -0.15) is 0 Å². The van der Waals surface area contributed by atoms with Crippen molar-refractivity contribution in [3.8, 4) is 11.5 Å². The monoisotopic (exact) mass is 331 g/mol. The molecule has 1 aromatic carbocycles. The van der Waals surface area contributed by atoms with Gasteiger partial charge in [-0.05, 0) is 48.8 Å². The molecule has 2 fully saturated rings. The van der Waals surface area contributed by atoms with Gasteiger partial charge in [-0.25, -0.2) is 0 Å². The van der Waals surface area contributed by atoms with E-state index < -0.39 is 0 Å². The van der Waals surface area contributed by atoms with Crippen molar-refractivity contribution < 1.29 is 9.47 Å². The highest BCUT2D eigenvalue weighted by molar-refractivity contribution is 5.80. The molecule has 0 unspecified atom stereocenters. The van der Waals surface area contributed by atoms with Gasteiger partial charge in [0.25, 0.3) is 0 Å². The number of guanidine groups is 1. The lowest BCUT2D eigenvalue weighted by atomic mass is 9.68. The highest BCUT2D eigenvalue weighted by Crippen LogP contribution is 2.47. The van der Waals surface area contributed by atoms with Crippen LogP contribution < -0.4 is 14.8 Å². The van der Waals surface area contributed by atoms with Crippen LogP contribution in [0.3, 0.4) is 0 Å². The maximum absolute atomic E-state index is 5.37. The number of aliphatic imine (C=N–C) groups is 1. The van der Waals surface area contributed by atoms with Crippen molar-refractivity contribution in [1.29, 1.82) is 0 Å². The minimum Gasteiger partial charge on any atom is -0.493 e. The van der Waals surface area contributed by atoms with Crippen LogP contribution in [0.15, 0.2) is 23.2 Å². The summed E-state index contributed by atoms with van der Waals surface area (Å²) in [4.78, 5) is 6.90. The zero-order chi connectivity index (χ0) is 17.0. The summed E-state index contributed by atoms with van der Waals surface area (Å²) >= 11 is 0. The molecule has 0 radical (unpaired) electrons. The highest BCUT2D eigenvalue weighted by atomic mass is 16.5. The summed E-state index contributed by atoms with van der Waals surface area (Å²) < 4.78 is 10.7. The lowest BCUT2D eigenvalue weighted by molar-refractivity contribution is 0.151. The molecule has 5 heteroatoms. The van der Waals surface area contributed by atoms with Crippen LogP contribution in [-0.4, -0.2) is 51.8 Å². The molecule has 1 spiro atoms. The molecule has 0 bridgehead atoms. The number of rotatable bonds is 5. The Hall–Kier alpha value is -1.91. The Kier molecular flexibility index (Phi) is 5.17. The van der Waals surface area contributed by atoms with Gasteiger partial charge in [-0.3, -0.25) is 4.99 Å². The molecular weight excluding hydrogens is 302 g/mol. The van der Waals surface area contributed by atoms with Gasteiger partial charge in [0.05, 0.1) is 14.2 Å². The van der Waals surface area contributed by atoms with Crippen molar-refractivity contribution in [3.63, 3.8) is 0 Å². The molecule has 0 atom stereocenters. The van der Waals surface area contributed by atoms with E-state index in [4.69, 9.17) is 9.47 Å². The Bertz CT molecular complexity index is 596. The average molecular weight is 331 g/mol. The Balaban J connectivity index is 1.51. The Labute approximate surface area is 145 Å². The van der Waals surface area contributed by atoms with Gasteiger partial charge < -0.3 is 19.7 Å². The van der Waals surface area contributed by atoms with Gasteiger partial charge in [0.15, 0.2) is 17.5 Å². The van der Waals surface area contributed by atoms with E-state index in [2.05, 4.69) is 21.3 Å². The summed E-state index contributed by atoms with van der Waals surface area (Å²) in [7, 11) is 5.21. The van der Waals surface area contributed by atoms with Crippen molar-refractivity contribution in [2.75, 3.05) is 40.9 Å². The number of methoxy groups -OCH3 is 2. The minimum absolute atomic E-state index is 0.598. The molecule has 3 rings (SSSR count). The molecule has 1 saturated heterocycles. The predicted octanol–water partition coefficient (Wildman–Crippen LogP) is 2.70. The quantitative estimate of drug-likeness (QED) is 0.666. The van der Waals surface area contributed by atoms with Crippen molar-refractivity contribution in [2.24, 2.45) is 10.4 Å². The molecule has 1 aliphatic carbocycles. The van der Waals surface area contributed by atoms with Crippen LogP contribution in [0.25, 0.3) is 0 Å². The van der Waals surface area contributed by atoms with Crippen molar-refractivity contribution in [2.45, 2.75) is 32.1 Å². The van der Waals surface area contributed by atoms with Gasteiger partial charge in [0.1, 0.15) is 0 Å². The fourth-order valence-corrected chi connectivity index (χ4v) is 3.89. The van der Waals surface area contributed by atoms with Crippen molar-refractivity contribution in [1.82, 2.24) is 10.2 Å². The van der Waals surface area contributed by atoms with E-state index in [1.807, 2.05) is 19.2 Å². The van der Waals surface area contributed by atoms with E-state index in [0.717, 1.165) is 37.0 Å². The standard InChI is InChI=1S/C19H29N3O2/c1-20-18(22-12-10-19(14-22)8-4-9-19)21-11-7-15-5-6-16(23-2)17(13-15)24-3/h5-6,13H,4,7-12,14H2,1-3H3,(H,20,21). The predicted molar refractivity (Wildman–Crippen MR) is 97.1 cm³/mol. The SMILES string of the molecule is CN=C(NCCc1ccc(OC)c(OC)c1)N1CCC2(CCC2)C1. The number of hydrogen-bond donors (Lipinski definition) is 1. The Morgan fingerprint density at radius 3 is 2.58 bits per heavy atom.